The molecule has 0 spiro atoms. The molecule has 1 aliphatic rings. The number of fused-ring (bicyclic) bond motifs is 1. The monoisotopic (exact) mass is 389 g/mol. The van der Waals surface area contributed by atoms with Gasteiger partial charge in [-0.2, -0.15) is 4.31 Å². The molecule has 0 bridgehead atoms. The number of halogens is 1. The van der Waals surface area contributed by atoms with Gasteiger partial charge < -0.3 is 10.1 Å². The molecule has 1 N–H and O–H groups in total. The van der Waals surface area contributed by atoms with E-state index in [4.69, 9.17) is 16.3 Å². The standard InChI is InChI=1S/C14H16ClN3O4S2/c1-9(15)13(19)17-14-16-11-3-2-10(8-12(11)23-14)24(20,21)18-4-6-22-7-5-18/h2-3,8-9H,4-7H2,1H3,(H,16,17,19). The molecule has 1 unspecified atom stereocenters. The van der Waals surface area contributed by atoms with E-state index in [-0.39, 0.29) is 10.8 Å². The maximum absolute atomic E-state index is 12.7. The third-order valence-corrected chi connectivity index (χ3v) is 6.59. The van der Waals surface area contributed by atoms with Crippen LogP contribution < -0.4 is 5.32 Å². The minimum absolute atomic E-state index is 0.212. The summed E-state index contributed by atoms with van der Waals surface area (Å²) < 4.78 is 32.6. The van der Waals surface area contributed by atoms with Gasteiger partial charge in [0.2, 0.25) is 15.9 Å². The van der Waals surface area contributed by atoms with Crippen molar-refractivity contribution in [2.75, 3.05) is 31.6 Å². The summed E-state index contributed by atoms with van der Waals surface area (Å²) in [6.45, 7) is 3.05. The number of aromatic nitrogens is 1. The number of carbonyl (C=O) groups is 1. The van der Waals surface area contributed by atoms with Gasteiger partial charge in [-0.05, 0) is 25.1 Å². The first-order valence-corrected chi connectivity index (χ1v) is 10.0. The zero-order chi connectivity index (χ0) is 17.3. The molecule has 1 saturated heterocycles. The molecule has 1 aromatic heterocycles. The smallest absolute Gasteiger partial charge is 0.243 e. The Morgan fingerprint density at radius 2 is 2.12 bits per heavy atom. The number of amides is 1. The van der Waals surface area contributed by atoms with Crippen molar-refractivity contribution in [1.82, 2.24) is 9.29 Å². The van der Waals surface area contributed by atoms with Crippen LogP contribution in [0.4, 0.5) is 5.13 Å². The van der Waals surface area contributed by atoms with E-state index in [1.165, 1.54) is 21.7 Å². The minimum atomic E-state index is -3.56. The fourth-order valence-electron chi connectivity index (χ4n) is 2.26. The second-order valence-corrected chi connectivity index (χ2v) is 8.89. The first-order chi connectivity index (χ1) is 11.4. The summed E-state index contributed by atoms with van der Waals surface area (Å²) in [6.07, 6.45) is 0. The fraction of sp³-hybridized carbons (Fsp3) is 0.429. The molecule has 1 fully saturated rings. The summed E-state index contributed by atoms with van der Waals surface area (Å²) in [5.74, 6) is -0.350. The van der Waals surface area contributed by atoms with Gasteiger partial charge in [-0.25, -0.2) is 13.4 Å². The summed E-state index contributed by atoms with van der Waals surface area (Å²) >= 11 is 6.93. The van der Waals surface area contributed by atoms with E-state index < -0.39 is 15.4 Å². The predicted octanol–water partition coefficient (Wildman–Crippen LogP) is 1.88. The molecule has 3 rings (SSSR count). The number of hydrogen-bond acceptors (Lipinski definition) is 6. The zero-order valence-corrected chi connectivity index (χ0v) is 15.2. The highest BCUT2D eigenvalue weighted by Gasteiger charge is 2.26. The van der Waals surface area contributed by atoms with Gasteiger partial charge in [-0.1, -0.05) is 11.3 Å². The maximum Gasteiger partial charge on any atom is 0.243 e. The van der Waals surface area contributed by atoms with Gasteiger partial charge in [-0.15, -0.1) is 11.6 Å². The number of benzene rings is 1. The first kappa shape index (κ1) is 17.6. The van der Waals surface area contributed by atoms with Gasteiger partial charge in [0.05, 0.1) is 28.3 Å². The number of morpholine rings is 1. The lowest BCUT2D eigenvalue weighted by atomic mass is 10.3. The van der Waals surface area contributed by atoms with Crippen LogP contribution in [-0.4, -0.2) is 55.3 Å². The molecule has 0 aliphatic carbocycles. The molecule has 2 heterocycles. The van der Waals surface area contributed by atoms with E-state index >= 15 is 0 Å². The van der Waals surface area contributed by atoms with Gasteiger partial charge in [0.25, 0.3) is 0 Å². The molecule has 0 saturated carbocycles. The molecule has 1 aromatic carbocycles. The minimum Gasteiger partial charge on any atom is -0.379 e. The lowest BCUT2D eigenvalue weighted by Gasteiger charge is -2.25. The van der Waals surface area contributed by atoms with Crippen LogP contribution in [0.3, 0.4) is 0 Å². The van der Waals surface area contributed by atoms with Crippen LogP contribution in [0.25, 0.3) is 10.2 Å². The van der Waals surface area contributed by atoms with Crippen LogP contribution in [0.2, 0.25) is 0 Å². The lowest BCUT2D eigenvalue weighted by Crippen LogP contribution is -2.40. The number of alkyl halides is 1. The van der Waals surface area contributed by atoms with E-state index in [9.17, 15) is 13.2 Å². The van der Waals surface area contributed by atoms with Crippen molar-refractivity contribution in [2.45, 2.75) is 17.2 Å². The number of ether oxygens (including phenoxy) is 1. The van der Waals surface area contributed by atoms with Crippen molar-refractivity contribution in [1.29, 1.82) is 0 Å². The van der Waals surface area contributed by atoms with E-state index in [0.29, 0.717) is 41.7 Å². The largest absolute Gasteiger partial charge is 0.379 e. The number of thiazole rings is 1. The van der Waals surface area contributed by atoms with Crippen molar-refractivity contribution in [3.63, 3.8) is 0 Å². The Morgan fingerprint density at radius 1 is 1.42 bits per heavy atom. The third kappa shape index (κ3) is 3.55. The summed E-state index contributed by atoms with van der Waals surface area (Å²) in [5, 5.41) is 2.33. The zero-order valence-electron chi connectivity index (χ0n) is 12.9. The van der Waals surface area contributed by atoms with Crippen LogP contribution >= 0.6 is 22.9 Å². The van der Waals surface area contributed by atoms with Crippen molar-refractivity contribution >= 4 is 54.2 Å². The number of anilines is 1. The Balaban J connectivity index is 1.89. The molecular formula is C14H16ClN3O4S2. The average Bonchev–Trinajstić information content (AvgIpc) is 2.96. The SMILES string of the molecule is CC(Cl)C(=O)Nc1nc2ccc(S(=O)(=O)N3CCOCC3)cc2s1. The molecule has 0 radical (unpaired) electrons. The molecule has 24 heavy (non-hydrogen) atoms. The fourth-order valence-corrected chi connectivity index (χ4v) is 4.73. The van der Waals surface area contributed by atoms with Crippen LogP contribution in [0.1, 0.15) is 6.92 Å². The normalized spacial score (nSPS) is 17.8. The molecule has 1 amide bonds. The first-order valence-electron chi connectivity index (χ1n) is 7.31. The lowest BCUT2D eigenvalue weighted by molar-refractivity contribution is -0.115. The molecular weight excluding hydrogens is 374 g/mol. The van der Waals surface area contributed by atoms with E-state index in [0.717, 1.165) is 0 Å². The Hall–Kier alpha value is -1.26. The molecule has 7 nitrogen and oxygen atoms in total. The highest BCUT2D eigenvalue weighted by molar-refractivity contribution is 7.89. The van der Waals surface area contributed by atoms with E-state index in [1.807, 2.05) is 0 Å². The van der Waals surface area contributed by atoms with E-state index in [1.54, 1.807) is 19.1 Å². The summed E-state index contributed by atoms with van der Waals surface area (Å²) in [5.41, 5.74) is 0.624. The molecule has 1 aliphatic heterocycles. The quantitative estimate of drug-likeness (QED) is 0.806. The second kappa shape index (κ2) is 6.93. The van der Waals surface area contributed by atoms with Gasteiger partial charge >= 0.3 is 0 Å². The highest BCUT2D eigenvalue weighted by atomic mass is 35.5. The maximum atomic E-state index is 12.7. The van der Waals surface area contributed by atoms with Crippen LogP contribution in [-0.2, 0) is 19.6 Å². The Labute approximate surface area is 148 Å². The van der Waals surface area contributed by atoms with E-state index in [2.05, 4.69) is 10.3 Å². The van der Waals surface area contributed by atoms with Gasteiger partial charge in [0.15, 0.2) is 5.13 Å². The Morgan fingerprint density at radius 3 is 2.79 bits per heavy atom. The van der Waals surface area contributed by atoms with Crippen LogP contribution in [0, 0.1) is 0 Å². The Kier molecular flexibility index (Phi) is 5.07. The number of sulfonamides is 1. The topological polar surface area (TPSA) is 88.6 Å². The highest BCUT2D eigenvalue weighted by Crippen LogP contribution is 2.29. The van der Waals surface area contributed by atoms with Gasteiger partial charge in [-0.3, -0.25) is 4.79 Å². The molecule has 130 valence electrons. The molecule has 2 aromatic rings. The number of carbonyl (C=O) groups excluding carboxylic acids is 1. The van der Waals surface area contributed by atoms with Crippen molar-refractivity contribution in [2.24, 2.45) is 0 Å². The summed E-state index contributed by atoms with van der Waals surface area (Å²) in [6, 6.07) is 4.75. The third-order valence-electron chi connectivity index (χ3n) is 3.56. The van der Waals surface area contributed by atoms with Gasteiger partial charge in [0, 0.05) is 13.1 Å². The number of nitrogens with one attached hydrogen (secondary N) is 1. The predicted molar refractivity (Wildman–Crippen MR) is 93.1 cm³/mol. The van der Waals surface area contributed by atoms with Crippen LogP contribution in [0.15, 0.2) is 23.1 Å². The summed E-state index contributed by atoms with van der Waals surface area (Å²) in [4.78, 5) is 16.1. The number of nitrogens with zero attached hydrogens (tertiary/aromatic N) is 2. The van der Waals surface area contributed by atoms with Crippen molar-refractivity contribution in [3.05, 3.63) is 18.2 Å². The number of hydrogen-bond donors (Lipinski definition) is 1. The average molecular weight is 390 g/mol. The van der Waals surface area contributed by atoms with Crippen LogP contribution in [0.5, 0.6) is 0 Å². The molecule has 1 atom stereocenters. The summed E-state index contributed by atoms with van der Waals surface area (Å²) in [7, 11) is -3.56. The number of rotatable bonds is 4. The van der Waals surface area contributed by atoms with Crippen molar-refractivity contribution < 1.29 is 17.9 Å². The van der Waals surface area contributed by atoms with Gasteiger partial charge in [0.1, 0.15) is 5.38 Å². The molecule has 10 heteroatoms. The van der Waals surface area contributed by atoms with Crippen molar-refractivity contribution in [3.8, 4) is 0 Å². The Bertz CT molecular complexity index is 860. The second-order valence-electron chi connectivity index (χ2n) is 5.27.